The molecule has 0 spiro atoms. The summed E-state index contributed by atoms with van der Waals surface area (Å²) in [6.45, 7) is 2.48. The standard InChI is InChI=1S/C13H15NO3/c1-4-17-6-5-10-7-12(15-2)13(16-3)8-11(10)9-14/h5-8H,4H2,1-3H3/b6-5+. The zero-order valence-corrected chi connectivity index (χ0v) is 10.2. The van der Waals surface area contributed by atoms with Crippen molar-refractivity contribution in [2.45, 2.75) is 6.92 Å². The van der Waals surface area contributed by atoms with Gasteiger partial charge >= 0.3 is 0 Å². The van der Waals surface area contributed by atoms with Crippen LogP contribution in [0.2, 0.25) is 0 Å². The van der Waals surface area contributed by atoms with Crippen LogP contribution in [0.4, 0.5) is 0 Å². The van der Waals surface area contributed by atoms with Crippen LogP contribution in [-0.4, -0.2) is 20.8 Å². The first-order chi connectivity index (χ1) is 8.26. The van der Waals surface area contributed by atoms with Crippen LogP contribution in [0.1, 0.15) is 18.1 Å². The van der Waals surface area contributed by atoms with Gasteiger partial charge < -0.3 is 14.2 Å². The second kappa shape index (κ2) is 6.44. The highest BCUT2D eigenvalue weighted by Crippen LogP contribution is 2.30. The molecule has 0 bridgehead atoms. The molecule has 0 aromatic heterocycles. The zero-order valence-electron chi connectivity index (χ0n) is 10.2. The summed E-state index contributed by atoms with van der Waals surface area (Å²) in [6, 6.07) is 5.49. The van der Waals surface area contributed by atoms with Crippen molar-refractivity contribution < 1.29 is 14.2 Å². The Morgan fingerprint density at radius 3 is 2.41 bits per heavy atom. The second-order valence-corrected chi connectivity index (χ2v) is 3.16. The SMILES string of the molecule is CCO/C=C/c1cc(OC)c(OC)cc1C#N. The van der Waals surface area contributed by atoms with Gasteiger partial charge in [-0.1, -0.05) is 0 Å². The van der Waals surface area contributed by atoms with E-state index in [9.17, 15) is 0 Å². The van der Waals surface area contributed by atoms with E-state index >= 15 is 0 Å². The molecular weight excluding hydrogens is 218 g/mol. The molecule has 0 atom stereocenters. The molecule has 17 heavy (non-hydrogen) atoms. The Kier molecular flexibility index (Phi) is 4.89. The summed E-state index contributed by atoms with van der Waals surface area (Å²) in [4.78, 5) is 0. The predicted octanol–water partition coefficient (Wildman–Crippen LogP) is 2.58. The molecule has 0 aliphatic heterocycles. The van der Waals surface area contributed by atoms with E-state index in [0.29, 0.717) is 23.7 Å². The smallest absolute Gasteiger partial charge is 0.162 e. The van der Waals surface area contributed by atoms with Gasteiger partial charge in [-0.25, -0.2) is 0 Å². The molecule has 0 unspecified atom stereocenters. The van der Waals surface area contributed by atoms with Crippen LogP contribution in [0.5, 0.6) is 11.5 Å². The van der Waals surface area contributed by atoms with Crippen LogP contribution >= 0.6 is 0 Å². The molecule has 0 saturated heterocycles. The van der Waals surface area contributed by atoms with Gasteiger partial charge in [0.2, 0.25) is 0 Å². The van der Waals surface area contributed by atoms with Crippen LogP contribution in [0, 0.1) is 11.3 Å². The molecule has 0 heterocycles. The number of hydrogen-bond acceptors (Lipinski definition) is 4. The predicted molar refractivity (Wildman–Crippen MR) is 64.9 cm³/mol. The minimum atomic E-state index is 0.513. The molecule has 0 aliphatic carbocycles. The Morgan fingerprint density at radius 1 is 1.24 bits per heavy atom. The Labute approximate surface area is 101 Å². The Hall–Kier alpha value is -2.15. The first-order valence-corrected chi connectivity index (χ1v) is 5.21. The van der Waals surface area contributed by atoms with Crippen molar-refractivity contribution in [2.75, 3.05) is 20.8 Å². The Balaban J connectivity index is 3.15. The quantitative estimate of drug-likeness (QED) is 0.733. The maximum Gasteiger partial charge on any atom is 0.162 e. The number of nitriles is 1. The van der Waals surface area contributed by atoms with Gasteiger partial charge in [0.05, 0.1) is 38.7 Å². The lowest BCUT2D eigenvalue weighted by Gasteiger charge is -2.09. The fraction of sp³-hybridized carbons (Fsp3) is 0.308. The molecular formula is C13H15NO3. The Morgan fingerprint density at radius 2 is 1.88 bits per heavy atom. The third kappa shape index (κ3) is 3.15. The fourth-order valence-corrected chi connectivity index (χ4v) is 1.35. The van der Waals surface area contributed by atoms with E-state index in [4.69, 9.17) is 19.5 Å². The molecule has 1 rings (SSSR count). The van der Waals surface area contributed by atoms with E-state index in [1.165, 1.54) is 7.11 Å². The third-order valence-electron chi connectivity index (χ3n) is 2.19. The summed E-state index contributed by atoms with van der Waals surface area (Å²) >= 11 is 0. The normalized spacial score (nSPS) is 10.0. The van der Waals surface area contributed by atoms with Crippen molar-refractivity contribution >= 4 is 6.08 Å². The van der Waals surface area contributed by atoms with Crippen LogP contribution in [-0.2, 0) is 4.74 Å². The molecule has 90 valence electrons. The lowest BCUT2D eigenvalue weighted by atomic mass is 10.1. The van der Waals surface area contributed by atoms with E-state index in [1.54, 1.807) is 31.6 Å². The van der Waals surface area contributed by atoms with Crippen LogP contribution in [0.15, 0.2) is 18.4 Å². The highest BCUT2D eigenvalue weighted by Gasteiger charge is 2.08. The van der Waals surface area contributed by atoms with E-state index < -0.39 is 0 Å². The topological polar surface area (TPSA) is 51.5 Å². The molecule has 0 amide bonds. The largest absolute Gasteiger partial charge is 0.501 e. The van der Waals surface area contributed by atoms with Gasteiger partial charge in [-0.15, -0.1) is 0 Å². The number of methoxy groups -OCH3 is 2. The van der Waals surface area contributed by atoms with Crippen molar-refractivity contribution in [3.05, 3.63) is 29.5 Å². The average Bonchev–Trinajstić information content (AvgIpc) is 2.38. The van der Waals surface area contributed by atoms with Gasteiger partial charge in [0.1, 0.15) is 0 Å². The van der Waals surface area contributed by atoms with Crippen molar-refractivity contribution in [1.29, 1.82) is 5.26 Å². The van der Waals surface area contributed by atoms with Gasteiger partial charge in [-0.05, 0) is 24.6 Å². The third-order valence-corrected chi connectivity index (χ3v) is 2.19. The van der Waals surface area contributed by atoms with E-state index in [1.807, 2.05) is 6.92 Å². The molecule has 0 radical (unpaired) electrons. The lowest BCUT2D eigenvalue weighted by Crippen LogP contribution is -1.93. The maximum atomic E-state index is 9.04. The molecule has 0 N–H and O–H groups in total. The number of benzene rings is 1. The molecule has 0 saturated carbocycles. The van der Waals surface area contributed by atoms with Crippen molar-refractivity contribution in [3.63, 3.8) is 0 Å². The van der Waals surface area contributed by atoms with Gasteiger partial charge in [-0.3, -0.25) is 0 Å². The maximum absolute atomic E-state index is 9.04. The lowest BCUT2D eigenvalue weighted by molar-refractivity contribution is 0.272. The first kappa shape index (κ1) is 12.9. The molecule has 0 fully saturated rings. The summed E-state index contributed by atoms with van der Waals surface area (Å²) in [7, 11) is 3.09. The summed E-state index contributed by atoms with van der Waals surface area (Å²) < 4.78 is 15.4. The van der Waals surface area contributed by atoms with Gasteiger partial charge in [-0.2, -0.15) is 5.26 Å². The van der Waals surface area contributed by atoms with Crippen LogP contribution < -0.4 is 9.47 Å². The number of ether oxygens (including phenoxy) is 3. The minimum Gasteiger partial charge on any atom is -0.501 e. The van der Waals surface area contributed by atoms with Gasteiger partial charge in [0.15, 0.2) is 11.5 Å². The summed E-state index contributed by atoms with van der Waals surface area (Å²) in [5.41, 5.74) is 1.25. The van der Waals surface area contributed by atoms with Gasteiger partial charge in [0.25, 0.3) is 0 Å². The first-order valence-electron chi connectivity index (χ1n) is 5.21. The fourth-order valence-electron chi connectivity index (χ4n) is 1.35. The average molecular weight is 233 g/mol. The van der Waals surface area contributed by atoms with E-state index in [-0.39, 0.29) is 0 Å². The highest BCUT2D eigenvalue weighted by molar-refractivity contribution is 5.63. The van der Waals surface area contributed by atoms with Crippen molar-refractivity contribution in [3.8, 4) is 17.6 Å². The highest BCUT2D eigenvalue weighted by atomic mass is 16.5. The van der Waals surface area contributed by atoms with Crippen LogP contribution in [0.25, 0.3) is 6.08 Å². The summed E-state index contributed by atoms with van der Waals surface area (Å²) in [5.74, 6) is 1.13. The molecule has 0 aliphatic rings. The molecule has 4 heteroatoms. The number of hydrogen-bond donors (Lipinski definition) is 0. The van der Waals surface area contributed by atoms with Crippen molar-refractivity contribution in [2.24, 2.45) is 0 Å². The Bertz CT molecular complexity index is 447. The van der Waals surface area contributed by atoms with Crippen LogP contribution in [0.3, 0.4) is 0 Å². The second-order valence-electron chi connectivity index (χ2n) is 3.16. The summed E-state index contributed by atoms with van der Waals surface area (Å²) in [6.07, 6.45) is 3.28. The molecule has 1 aromatic rings. The number of nitrogens with zero attached hydrogens (tertiary/aromatic N) is 1. The zero-order chi connectivity index (χ0) is 12.7. The molecule has 1 aromatic carbocycles. The molecule has 4 nitrogen and oxygen atoms in total. The van der Waals surface area contributed by atoms with E-state index in [0.717, 1.165) is 5.56 Å². The minimum absolute atomic E-state index is 0.513. The van der Waals surface area contributed by atoms with Crippen molar-refractivity contribution in [1.82, 2.24) is 0 Å². The van der Waals surface area contributed by atoms with E-state index in [2.05, 4.69) is 6.07 Å². The van der Waals surface area contributed by atoms with Gasteiger partial charge in [0, 0.05) is 6.07 Å². The number of rotatable bonds is 5. The monoisotopic (exact) mass is 233 g/mol. The summed E-state index contributed by atoms with van der Waals surface area (Å²) in [5, 5.41) is 9.04.